The van der Waals surface area contributed by atoms with E-state index in [0.717, 1.165) is 28.7 Å². The van der Waals surface area contributed by atoms with Gasteiger partial charge in [-0.1, -0.05) is 53.0 Å². The minimum Gasteiger partial charge on any atom is -0.294 e. The highest BCUT2D eigenvalue weighted by molar-refractivity contribution is 6.48. The van der Waals surface area contributed by atoms with E-state index in [-0.39, 0.29) is 5.78 Å². The molecule has 1 nitrogen and oxygen atoms in total. The molecule has 0 unspecified atom stereocenters. The Hall–Kier alpha value is -1.02. The highest BCUT2D eigenvalue weighted by Gasteiger charge is 2.19. The van der Waals surface area contributed by atoms with Crippen LogP contribution in [0.1, 0.15) is 22.3 Å². The molecule has 2 aromatic carbocycles. The summed E-state index contributed by atoms with van der Waals surface area (Å²) in [6.07, 6.45) is 1.40. The van der Waals surface area contributed by atoms with Gasteiger partial charge in [-0.05, 0) is 35.2 Å². The smallest absolute Gasteiger partial charge is 0.163 e. The average Bonchev–Trinajstić information content (AvgIpc) is 2.76. The van der Waals surface area contributed by atoms with E-state index in [9.17, 15) is 4.79 Å². The van der Waals surface area contributed by atoms with Crippen molar-refractivity contribution in [2.45, 2.75) is 12.8 Å². The van der Waals surface area contributed by atoms with Crippen molar-refractivity contribution in [2.24, 2.45) is 0 Å². The number of carbonyl (C=O) groups excluding carboxylic acids is 1. The van der Waals surface area contributed by atoms with Crippen molar-refractivity contribution in [1.82, 2.24) is 0 Å². The first-order valence-corrected chi connectivity index (χ1v) is 7.00. The summed E-state index contributed by atoms with van der Waals surface area (Å²) in [5, 5.41) is 1.23. The number of hydrogen-bond donors (Lipinski definition) is 0. The molecule has 0 heterocycles. The Kier molecular flexibility index (Phi) is 3.30. The number of halogens is 3. The summed E-state index contributed by atoms with van der Waals surface area (Å²) >= 11 is 18.0. The first kappa shape index (κ1) is 13.0. The number of hydrogen-bond acceptors (Lipinski definition) is 1. The Morgan fingerprint density at radius 2 is 1.53 bits per heavy atom. The molecule has 0 radical (unpaired) electrons. The number of rotatable bonds is 1. The van der Waals surface area contributed by atoms with Gasteiger partial charge in [0, 0.05) is 12.0 Å². The number of aryl methyl sites for hydroxylation is 1. The van der Waals surface area contributed by atoms with Gasteiger partial charge in [0.2, 0.25) is 0 Å². The fraction of sp³-hybridized carbons (Fsp3) is 0.133. The maximum absolute atomic E-state index is 11.6. The lowest BCUT2D eigenvalue weighted by atomic mass is 10.0. The highest BCUT2D eigenvalue weighted by atomic mass is 35.5. The molecule has 0 saturated carbocycles. The molecule has 0 amide bonds. The van der Waals surface area contributed by atoms with E-state index >= 15 is 0 Å². The minimum atomic E-state index is 0.216. The van der Waals surface area contributed by atoms with Crippen LogP contribution in [0.2, 0.25) is 15.1 Å². The molecule has 0 saturated heterocycles. The molecule has 1 aliphatic rings. The predicted molar refractivity (Wildman–Crippen MR) is 79.6 cm³/mol. The molecule has 2 aromatic rings. The number of fused-ring (bicyclic) bond motifs is 1. The first-order chi connectivity index (χ1) is 9.06. The first-order valence-electron chi connectivity index (χ1n) is 5.87. The standard InChI is InChI=1S/C15H9Cl3O/c16-12-6-10(7-13(17)15(12)18)8-1-3-11-9(5-8)2-4-14(11)19/h1,3,5-7H,2,4H2. The van der Waals surface area contributed by atoms with E-state index < -0.39 is 0 Å². The van der Waals surface area contributed by atoms with Crippen LogP contribution in [-0.4, -0.2) is 5.78 Å². The number of ketones is 1. The normalized spacial score (nSPS) is 13.7. The Bertz CT molecular complexity index is 669. The van der Waals surface area contributed by atoms with Crippen LogP contribution in [0.25, 0.3) is 11.1 Å². The SMILES string of the molecule is O=C1CCc2cc(-c3cc(Cl)c(Cl)c(Cl)c3)ccc21. The van der Waals surface area contributed by atoms with Crippen molar-refractivity contribution in [1.29, 1.82) is 0 Å². The molecule has 0 atom stereocenters. The lowest BCUT2D eigenvalue weighted by Crippen LogP contribution is -1.91. The van der Waals surface area contributed by atoms with E-state index in [1.54, 1.807) is 12.1 Å². The second-order valence-corrected chi connectivity index (χ2v) is 5.74. The quantitative estimate of drug-likeness (QED) is 0.641. The third kappa shape index (κ3) is 2.27. The molecular weight excluding hydrogens is 303 g/mol. The van der Waals surface area contributed by atoms with Gasteiger partial charge < -0.3 is 0 Å². The van der Waals surface area contributed by atoms with Gasteiger partial charge in [0.25, 0.3) is 0 Å². The van der Waals surface area contributed by atoms with Gasteiger partial charge in [-0.2, -0.15) is 0 Å². The van der Waals surface area contributed by atoms with Gasteiger partial charge in [0.1, 0.15) is 0 Å². The summed E-state index contributed by atoms with van der Waals surface area (Å²) in [6.45, 7) is 0. The number of Topliss-reactive ketones (excluding diaryl/α,β-unsaturated/α-hetero) is 1. The molecular formula is C15H9Cl3O. The maximum Gasteiger partial charge on any atom is 0.163 e. The Balaban J connectivity index is 2.11. The van der Waals surface area contributed by atoms with Crippen LogP contribution in [-0.2, 0) is 6.42 Å². The third-order valence-corrected chi connectivity index (χ3v) is 4.54. The molecule has 0 aromatic heterocycles. The van der Waals surface area contributed by atoms with Crippen LogP contribution < -0.4 is 0 Å². The van der Waals surface area contributed by atoms with E-state index in [1.165, 1.54) is 0 Å². The van der Waals surface area contributed by atoms with E-state index in [1.807, 2.05) is 18.2 Å². The summed E-state index contributed by atoms with van der Waals surface area (Å²) in [4.78, 5) is 11.6. The van der Waals surface area contributed by atoms with Crippen LogP contribution in [0.5, 0.6) is 0 Å². The molecule has 0 fully saturated rings. The van der Waals surface area contributed by atoms with E-state index in [2.05, 4.69) is 0 Å². The van der Waals surface area contributed by atoms with Gasteiger partial charge in [-0.15, -0.1) is 0 Å². The molecule has 3 rings (SSSR count). The number of carbonyl (C=O) groups is 1. The Morgan fingerprint density at radius 3 is 2.21 bits per heavy atom. The van der Waals surface area contributed by atoms with Crippen molar-refractivity contribution in [3.8, 4) is 11.1 Å². The lowest BCUT2D eigenvalue weighted by molar-refractivity contribution is 0.0994. The second-order valence-electron chi connectivity index (χ2n) is 4.55. The zero-order chi connectivity index (χ0) is 13.6. The molecule has 1 aliphatic carbocycles. The number of benzene rings is 2. The summed E-state index contributed by atoms with van der Waals surface area (Å²) < 4.78 is 0. The molecule has 0 aliphatic heterocycles. The highest BCUT2D eigenvalue weighted by Crippen LogP contribution is 2.36. The molecule has 4 heteroatoms. The van der Waals surface area contributed by atoms with Crippen molar-refractivity contribution < 1.29 is 4.79 Å². The Morgan fingerprint density at radius 1 is 0.842 bits per heavy atom. The Labute approximate surface area is 126 Å². The van der Waals surface area contributed by atoms with Gasteiger partial charge in [-0.25, -0.2) is 0 Å². The maximum atomic E-state index is 11.6. The zero-order valence-corrected chi connectivity index (χ0v) is 12.1. The molecule has 96 valence electrons. The summed E-state index contributed by atoms with van der Waals surface area (Å²) in [6, 6.07) is 9.38. The van der Waals surface area contributed by atoms with Gasteiger partial charge in [0.05, 0.1) is 15.1 Å². The second kappa shape index (κ2) is 4.82. The van der Waals surface area contributed by atoms with Crippen LogP contribution in [0, 0.1) is 0 Å². The van der Waals surface area contributed by atoms with Crippen molar-refractivity contribution in [2.75, 3.05) is 0 Å². The molecule has 0 bridgehead atoms. The fourth-order valence-corrected chi connectivity index (χ4v) is 2.95. The lowest BCUT2D eigenvalue weighted by Gasteiger charge is -2.07. The monoisotopic (exact) mass is 310 g/mol. The molecule has 19 heavy (non-hydrogen) atoms. The van der Waals surface area contributed by atoms with Crippen molar-refractivity contribution >= 4 is 40.6 Å². The van der Waals surface area contributed by atoms with Gasteiger partial charge in [-0.3, -0.25) is 4.79 Å². The van der Waals surface area contributed by atoms with Gasteiger partial charge >= 0.3 is 0 Å². The molecule has 0 spiro atoms. The molecule has 0 N–H and O–H groups in total. The zero-order valence-electron chi connectivity index (χ0n) is 9.84. The van der Waals surface area contributed by atoms with E-state index in [0.29, 0.717) is 21.5 Å². The van der Waals surface area contributed by atoms with Crippen LogP contribution >= 0.6 is 34.8 Å². The average molecular weight is 312 g/mol. The van der Waals surface area contributed by atoms with Crippen LogP contribution in [0.3, 0.4) is 0 Å². The van der Waals surface area contributed by atoms with Crippen LogP contribution in [0.4, 0.5) is 0 Å². The van der Waals surface area contributed by atoms with E-state index in [4.69, 9.17) is 34.8 Å². The summed E-state index contributed by atoms with van der Waals surface area (Å²) in [5.74, 6) is 0.216. The fourth-order valence-electron chi connectivity index (χ4n) is 2.36. The minimum absolute atomic E-state index is 0.216. The topological polar surface area (TPSA) is 17.1 Å². The largest absolute Gasteiger partial charge is 0.294 e. The van der Waals surface area contributed by atoms with Crippen LogP contribution in [0.15, 0.2) is 30.3 Å². The summed E-state index contributed by atoms with van der Waals surface area (Å²) in [5.41, 5.74) is 3.81. The third-order valence-electron chi connectivity index (χ3n) is 3.34. The van der Waals surface area contributed by atoms with Crippen molar-refractivity contribution in [3.05, 3.63) is 56.5 Å². The summed E-state index contributed by atoms with van der Waals surface area (Å²) in [7, 11) is 0. The van der Waals surface area contributed by atoms with Crippen molar-refractivity contribution in [3.63, 3.8) is 0 Å². The van der Waals surface area contributed by atoms with Gasteiger partial charge in [0.15, 0.2) is 5.78 Å². The predicted octanol–water partition coefficient (Wildman–Crippen LogP) is 5.44.